The Kier molecular flexibility index (Phi) is 7.65. The van der Waals surface area contributed by atoms with E-state index in [0.717, 1.165) is 16.7 Å². The molecule has 0 saturated carbocycles. The molecule has 2 aromatic carbocycles. The number of amides is 1. The summed E-state index contributed by atoms with van der Waals surface area (Å²) in [6, 6.07) is 21.7. The van der Waals surface area contributed by atoms with Crippen LogP contribution < -0.4 is 10.1 Å². The number of carbonyl (C=O) groups excluding carboxylic acids is 1. The van der Waals surface area contributed by atoms with E-state index in [0.29, 0.717) is 43.1 Å². The molecule has 0 bridgehead atoms. The fourth-order valence-corrected chi connectivity index (χ4v) is 3.37. The first-order chi connectivity index (χ1) is 16.6. The molecule has 7 heteroatoms. The van der Waals surface area contributed by atoms with Gasteiger partial charge in [0.05, 0.1) is 0 Å². The van der Waals surface area contributed by atoms with E-state index in [1.165, 1.54) is 5.56 Å². The Morgan fingerprint density at radius 3 is 2.59 bits per heavy atom. The summed E-state index contributed by atoms with van der Waals surface area (Å²) < 4.78 is 11.1. The van der Waals surface area contributed by atoms with E-state index in [2.05, 4.69) is 46.4 Å². The molecule has 0 spiro atoms. The second kappa shape index (κ2) is 11.2. The molecule has 1 amide bonds. The minimum Gasteiger partial charge on any atom is -0.473 e. The van der Waals surface area contributed by atoms with Crippen molar-refractivity contribution in [1.82, 2.24) is 20.4 Å². The van der Waals surface area contributed by atoms with Crippen molar-refractivity contribution in [3.8, 4) is 17.3 Å². The predicted molar refractivity (Wildman–Crippen MR) is 129 cm³/mol. The van der Waals surface area contributed by atoms with Crippen molar-refractivity contribution in [3.05, 3.63) is 95.5 Å². The fourth-order valence-electron chi connectivity index (χ4n) is 3.37. The van der Waals surface area contributed by atoms with Gasteiger partial charge in [-0.25, -0.2) is 4.98 Å². The zero-order valence-corrected chi connectivity index (χ0v) is 19.4. The molecule has 34 heavy (non-hydrogen) atoms. The summed E-state index contributed by atoms with van der Waals surface area (Å²) in [5.41, 5.74) is 4.14. The molecule has 0 fully saturated rings. The van der Waals surface area contributed by atoms with Crippen molar-refractivity contribution < 1.29 is 14.1 Å². The number of nitrogens with one attached hydrogen (secondary N) is 1. The van der Waals surface area contributed by atoms with E-state index in [4.69, 9.17) is 9.26 Å². The van der Waals surface area contributed by atoms with Gasteiger partial charge >= 0.3 is 0 Å². The van der Waals surface area contributed by atoms with Gasteiger partial charge in [-0.15, -0.1) is 0 Å². The Hall–Kier alpha value is -4.00. The molecule has 0 aliphatic heterocycles. The van der Waals surface area contributed by atoms with Crippen molar-refractivity contribution in [2.45, 2.75) is 45.8 Å². The highest BCUT2D eigenvalue weighted by molar-refractivity contribution is 5.76. The summed E-state index contributed by atoms with van der Waals surface area (Å²) in [6.07, 6.45) is 2.32. The van der Waals surface area contributed by atoms with Gasteiger partial charge < -0.3 is 14.6 Å². The van der Waals surface area contributed by atoms with Gasteiger partial charge in [0, 0.05) is 37.2 Å². The number of hydrogen-bond acceptors (Lipinski definition) is 6. The van der Waals surface area contributed by atoms with E-state index in [-0.39, 0.29) is 12.3 Å². The summed E-state index contributed by atoms with van der Waals surface area (Å²) >= 11 is 0. The molecule has 1 N–H and O–H groups in total. The highest BCUT2D eigenvalue weighted by Crippen LogP contribution is 2.21. The summed E-state index contributed by atoms with van der Waals surface area (Å²) in [6.45, 7) is 5.14. The quantitative estimate of drug-likeness (QED) is 0.358. The zero-order chi connectivity index (χ0) is 23.8. The van der Waals surface area contributed by atoms with Crippen LogP contribution in [0, 0.1) is 0 Å². The molecule has 0 radical (unpaired) electrons. The number of carbonyl (C=O) groups is 1. The summed E-state index contributed by atoms with van der Waals surface area (Å²) in [7, 11) is 0. The summed E-state index contributed by atoms with van der Waals surface area (Å²) in [5.74, 6) is 1.87. The standard InChI is InChI=1S/C27H28N4O3/c1-19(2)22-8-10-23(11-9-22)27-30-25(34-31-27)13-12-24(32)29-17-21-14-15-28-26(16-21)33-18-20-6-4-3-5-7-20/h3-11,14-16,19H,12-13,17-18H2,1-2H3,(H,29,32). The average Bonchev–Trinajstić information content (AvgIpc) is 3.35. The lowest BCUT2D eigenvalue weighted by Gasteiger charge is -2.08. The maximum absolute atomic E-state index is 12.3. The number of ether oxygens (including phenoxy) is 1. The molecule has 0 saturated heterocycles. The highest BCUT2D eigenvalue weighted by atomic mass is 16.5. The molecule has 2 aromatic heterocycles. The second-order valence-electron chi connectivity index (χ2n) is 8.34. The van der Waals surface area contributed by atoms with Gasteiger partial charge in [-0.2, -0.15) is 4.98 Å². The van der Waals surface area contributed by atoms with Crippen molar-refractivity contribution in [2.24, 2.45) is 0 Å². The topological polar surface area (TPSA) is 90.1 Å². The third kappa shape index (κ3) is 6.51. The molecule has 4 aromatic rings. The maximum Gasteiger partial charge on any atom is 0.227 e. The molecule has 174 valence electrons. The lowest BCUT2D eigenvalue weighted by molar-refractivity contribution is -0.121. The van der Waals surface area contributed by atoms with Crippen LogP contribution in [0.25, 0.3) is 11.4 Å². The summed E-state index contributed by atoms with van der Waals surface area (Å²) in [5, 5.41) is 6.96. The molecule has 0 aliphatic rings. The van der Waals surface area contributed by atoms with Crippen molar-refractivity contribution in [3.63, 3.8) is 0 Å². The van der Waals surface area contributed by atoms with Gasteiger partial charge in [-0.1, -0.05) is 73.6 Å². The lowest BCUT2D eigenvalue weighted by Crippen LogP contribution is -2.23. The van der Waals surface area contributed by atoms with Gasteiger partial charge in [0.25, 0.3) is 0 Å². The van der Waals surface area contributed by atoms with Gasteiger partial charge in [-0.3, -0.25) is 4.79 Å². The number of aryl methyl sites for hydroxylation is 1. The Morgan fingerprint density at radius 2 is 1.82 bits per heavy atom. The number of benzene rings is 2. The minimum atomic E-state index is -0.0930. The van der Waals surface area contributed by atoms with Crippen molar-refractivity contribution >= 4 is 5.91 Å². The molecule has 2 heterocycles. The van der Waals surface area contributed by atoms with Crippen molar-refractivity contribution in [2.75, 3.05) is 0 Å². The van der Waals surface area contributed by atoms with Crippen LogP contribution in [0.3, 0.4) is 0 Å². The summed E-state index contributed by atoms with van der Waals surface area (Å²) in [4.78, 5) is 21.0. The second-order valence-corrected chi connectivity index (χ2v) is 8.34. The third-order valence-electron chi connectivity index (χ3n) is 5.39. The van der Waals surface area contributed by atoms with Crippen molar-refractivity contribution in [1.29, 1.82) is 0 Å². The first-order valence-electron chi connectivity index (χ1n) is 11.4. The number of nitrogens with zero attached hydrogens (tertiary/aromatic N) is 3. The van der Waals surface area contributed by atoms with E-state index < -0.39 is 0 Å². The molecule has 4 rings (SSSR count). The van der Waals surface area contributed by atoms with Gasteiger partial charge in [-0.05, 0) is 28.7 Å². The third-order valence-corrected chi connectivity index (χ3v) is 5.39. The number of rotatable bonds is 10. The van der Waals surface area contributed by atoms with Gasteiger partial charge in [0.15, 0.2) is 0 Å². The van der Waals surface area contributed by atoms with E-state index >= 15 is 0 Å². The smallest absolute Gasteiger partial charge is 0.227 e. The largest absolute Gasteiger partial charge is 0.473 e. The Bertz CT molecular complexity index is 1200. The maximum atomic E-state index is 12.3. The first-order valence-corrected chi connectivity index (χ1v) is 11.4. The number of aromatic nitrogens is 3. The van der Waals surface area contributed by atoms with Crippen LogP contribution in [-0.2, 0) is 24.4 Å². The number of hydrogen-bond donors (Lipinski definition) is 1. The van der Waals surface area contributed by atoms with Gasteiger partial charge in [0.1, 0.15) is 6.61 Å². The normalized spacial score (nSPS) is 10.9. The zero-order valence-electron chi connectivity index (χ0n) is 19.4. The van der Waals surface area contributed by atoms with Crippen LogP contribution in [0.4, 0.5) is 0 Å². The monoisotopic (exact) mass is 456 g/mol. The molecular formula is C27H28N4O3. The Morgan fingerprint density at radius 1 is 1.03 bits per heavy atom. The predicted octanol–water partition coefficient (Wildman–Crippen LogP) is 5.08. The SMILES string of the molecule is CC(C)c1ccc(-c2noc(CCC(=O)NCc3ccnc(OCc4ccccc4)c3)n2)cc1. The van der Waals surface area contributed by atoms with Crippen LogP contribution in [0.1, 0.15) is 48.8 Å². The van der Waals surface area contributed by atoms with Crippen LogP contribution in [-0.4, -0.2) is 21.0 Å². The van der Waals surface area contributed by atoms with Crippen LogP contribution in [0.2, 0.25) is 0 Å². The number of pyridine rings is 1. The Labute approximate surface area is 199 Å². The average molecular weight is 457 g/mol. The Balaban J connectivity index is 1.23. The van der Waals surface area contributed by atoms with Crippen LogP contribution in [0.5, 0.6) is 5.88 Å². The van der Waals surface area contributed by atoms with Gasteiger partial charge in [0.2, 0.25) is 23.5 Å². The minimum absolute atomic E-state index is 0.0930. The van der Waals surface area contributed by atoms with Crippen LogP contribution >= 0.6 is 0 Å². The fraction of sp³-hybridized carbons (Fsp3) is 0.259. The molecule has 7 nitrogen and oxygen atoms in total. The first kappa shape index (κ1) is 23.2. The highest BCUT2D eigenvalue weighted by Gasteiger charge is 2.11. The van der Waals surface area contributed by atoms with E-state index in [1.54, 1.807) is 6.20 Å². The molecule has 0 atom stereocenters. The molecule has 0 aliphatic carbocycles. The lowest BCUT2D eigenvalue weighted by atomic mass is 10.0. The van der Waals surface area contributed by atoms with E-state index in [1.807, 2.05) is 54.6 Å². The molecule has 0 unspecified atom stereocenters. The van der Waals surface area contributed by atoms with Crippen LogP contribution in [0.15, 0.2) is 77.4 Å². The molecular weight excluding hydrogens is 428 g/mol. The van der Waals surface area contributed by atoms with E-state index in [9.17, 15) is 4.79 Å².